The van der Waals surface area contributed by atoms with Crippen LogP contribution in [0.5, 0.6) is 0 Å². The molecule has 152 valence electrons. The first kappa shape index (κ1) is 18.6. The van der Waals surface area contributed by atoms with Gasteiger partial charge in [0.2, 0.25) is 0 Å². The third-order valence-electron chi connectivity index (χ3n) is 6.80. The lowest BCUT2D eigenvalue weighted by Crippen LogP contribution is -2.43. The highest BCUT2D eigenvalue weighted by atomic mass is 19.1. The van der Waals surface area contributed by atoms with Crippen molar-refractivity contribution in [2.24, 2.45) is 4.99 Å². The lowest BCUT2D eigenvalue weighted by molar-refractivity contribution is 0.0627. The molecule has 2 heterocycles. The Hall–Kier alpha value is -2.40. The van der Waals surface area contributed by atoms with E-state index in [-0.39, 0.29) is 17.5 Å². The fourth-order valence-electron chi connectivity index (χ4n) is 5.14. The molecule has 0 aromatic heterocycles. The van der Waals surface area contributed by atoms with Crippen molar-refractivity contribution in [3.63, 3.8) is 0 Å². The van der Waals surface area contributed by atoms with Crippen LogP contribution in [0.2, 0.25) is 0 Å². The van der Waals surface area contributed by atoms with Gasteiger partial charge in [-0.15, -0.1) is 0 Å². The molecule has 1 fully saturated rings. The Kier molecular flexibility index (Phi) is 4.58. The van der Waals surface area contributed by atoms with Gasteiger partial charge in [0.05, 0.1) is 12.6 Å². The van der Waals surface area contributed by atoms with E-state index in [0.717, 1.165) is 50.4 Å². The van der Waals surface area contributed by atoms with Gasteiger partial charge in [-0.1, -0.05) is 36.4 Å². The van der Waals surface area contributed by atoms with Crippen LogP contribution in [0.1, 0.15) is 42.0 Å². The molecule has 2 aromatic carbocycles. The summed E-state index contributed by atoms with van der Waals surface area (Å²) < 4.78 is 20.2. The van der Waals surface area contributed by atoms with Crippen molar-refractivity contribution in [3.8, 4) is 0 Å². The molecule has 3 aliphatic rings. The Morgan fingerprint density at radius 2 is 1.93 bits per heavy atom. The van der Waals surface area contributed by atoms with Crippen LogP contribution in [0.15, 0.2) is 53.5 Å². The van der Waals surface area contributed by atoms with Crippen LogP contribution in [-0.4, -0.2) is 54.6 Å². The number of nitrogens with zero attached hydrogens (tertiary/aromatic N) is 3. The number of fused-ring (bicyclic) bond motifs is 1. The SMILES string of the molecule is CN(C)[C@H]1CC[C@]2(CN=C(N3CCc4ccccc4[C@@H]3c3ccc(F)cc3)O2)C1. The molecule has 1 aliphatic carbocycles. The molecule has 2 aromatic rings. The van der Waals surface area contributed by atoms with E-state index < -0.39 is 0 Å². The molecule has 0 unspecified atom stereocenters. The fraction of sp³-hybridized carbons (Fsp3) is 0.458. The third kappa shape index (κ3) is 3.31. The first-order chi connectivity index (χ1) is 14.0. The van der Waals surface area contributed by atoms with E-state index in [4.69, 9.17) is 9.73 Å². The Labute approximate surface area is 172 Å². The van der Waals surface area contributed by atoms with Gasteiger partial charge in [0, 0.05) is 19.0 Å². The van der Waals surface area contributed by atoms with Crippen molar-refractivity contribution in [1.29, 1.82) is 0 Å². The van der Waals surface area contributed by atoms with Gasteiger partial charge in [0.25, 0.3) is 6.02 Å². The van der Waals surface area contributed by atoms with Crippen molar-refractivity contribution in [3.05, 3.63) is 71.0 Å². The zero-order valence-corrected chi connectivity index (χ0v) is 17.1. The van der Waals surface area contributed by atoms with Crippen molar-refractivity contribution >= 4 is 6.02 Å². The minimum absolute atomic E-state index is 0.000462. The Bertz CT molecular complexity index is 926. The predicted molar refractivity (Wildman–Crippen MR) is 113 cm³/mol. The van der Waals surface area contributed by atoms with E-state index in [1.165, 1.54) is 11.1 Å². The summed E-state index contributed by atoms with van der Waals surface area (Å²) in [6.07, 6.45) is 4.19. The second-order valence-corrected chi connectivity index (χ2v) is 8.84. The van der Waals surface area contributed by atoms with Crippen molar-refractivity contribution in [1.82, 2.24) is 9.80 Å². The lowest BCUT2D eigenvalue weighted by atomic mass is 9.88. The van der Waals surface area contributed by atoms with E-state index >= 15 is 0 Å². The molecule has 5 heteroatoms. The largest absolute Gasteiger partial charge is 0.456 e. The summed E-state index contributed by atoms with van der Waals surface area (Å²) in [5, 5.41) is 0. The van der Waals surface area contributed by atoms with E-state index in [1.807, 2.05) is 12.1 Å². The minimum atomic E-state index is -0.210. The summed E-state index contributed by atoms with van der Waals surface area (Å²) >= 11 is 0. The molecule has 5 rings (SSSR count). The number of ether oxygens (including phenoxy) is 1. The zero-order valence-electron chi connectivity index (χ0n) is 17.1. The summed E-state index contributed by atoms with van der Waals surface area (Å²) in [6.45, 7) is 1.59. The highest BCUT2D eigenvalue weighted by molar-refractivity contribution is 5.78. The number of hydrogen-bond acceptors (Lipinski definition) is 4. The summed E-state index contributed by atoms with van der Waals surface area (Å²) in [5.41, 5.74) is 3.52. The molecule has 1 spiro atoms. The van der Waals surface area contributed by atoms with Crippen molar-refractivity contribution in [2.45, 2.75) is 43.4 Å². The van der Waals surface area contributed by atoms with E-state index in [9.17, 15) is 4.39 Å². The number of amidine groups is 1. The average Bonchev–Trinajstić information content (AvgIpc) is 3.35. The van der Waals surface area contributed by atoms with Gasteiger partial charge in [-0.05, 0) is 62.2 Å². The maximum atomic E-state index is 13.6. The zero-order chi connectivity index (χ0) is 20.0. The molecule has 29 heavy (non-hydrogen) atoms. The van der Waals surface area contributed by atoms with Gasteiger partial charge in [-0.3, -0.25) is 0 Å². The van der Waals surface area contributed by atoms with E-state index in [1.54, 1.807) is 12.1 Å². The number of aliphatic imine (C=N–C) groups is 1. The summed E-state index contributed by atoms with van der Waals surface area (Å²) in [6, 6.07) is 16.7. The number of hydrogen-bond donors (Lipinski definition) is 0. The number of benzene rings is 2. The van der Waals surface area contributed by atoms with Crippen LogP contribution in [0.25, 0.3) is 0 Å². The standard InChI is InChI=1S/C24H28FN3O/c1-27(2)20-11-13-24(15-20)16-26-23(29-24)28-14-12-17-5-3-4-6-21(17)22(28)18-7-9-19(25)10-8-18/h3-10,20,22H,11-16H2,1-2H3/t20-,22-,24+/m0/s1. The molecule has 0 saturated heterocycles. The topological polar surface area (TPSA) is 28.1 Å². The van der Waals surface area contributed by atoms with Crippen LogP contribution in [0, 0.1) is 5.82 Å². The maximum Gasteiger partial charge on any atom is 0.288 e. The molecule has 0 radical (unpaired) electrons. The molecule has 1 saturated carbocycles. The minimum Gasteiger partial charge on any atom is -0.456 e. The third-order valence-corrected chi connectivity index (χ3v) is 6.80. The Balaban J connectivity index is 1.46. The highest BCUT2D eigenvalue weighted by Gasteiger charge is 2.47. The summed E-state index contributed by atoms with van der Waals surface area (Å²) in [5.74, 6) is -0.210. The Morgan fingerprint density at radius 3 is 2.69 bits per heavy atom. The fourth-order valence-corrected chi connectivity index (χ4v) is 5.14. The van der Waals surface area contributed by atoms with Gasteiger partial charge >= 0.3 is 0 Å². The maximum absolute atomic E-state index is 13.6. The van der Waals surface area contributed by atoms with Gasteiger partial charge in [0.15, 0.2) is 0 Å². The summed E-state index contributed by atoms with van der Waals surface area (Å²) in [7, 11) is 4.29. The van der Waals surface area contributed by atoms with Crippen LogP contribution < -0.4 is 0 Å². The smallest absolute Gasteiger partial charge is 0.288 e. The average molecular weight is 394 g/mol. The quantitative estimate of drug-likeness (QED) is 0.772. The highest BCUT2D eigenvalue weighted by Crippen LogP contribution is 2.42. The first-order valence-electron chi connectivity index (χ1n) is 10.5. The normalized spacial score (nSPS) is 28.6. The molecular weight excluding hydrogens is 365 g/mol. The van der Waals surface area contributed by atoms with Gasteiger partial charge in [-0.2, -0.15) is 0 Å². The van der Waals surface area contributed by atoms with Crippen molar-refractivity contribution in [2.75, 3.05) is 27.2 Å². The Morgan fingerprint density at radius 1 is 1.14 bits per heavy atom. The molecule has 2 aliphatic heterocycles. The lowest BCUT2D eigenvalue weighted by Gasteiger charge is -2.39. The molecule has 0 bridgehead atoms. The monoisotopic (exact) mass is 393 g/mol. The molecular formula is C24H28FN3O. The number of rotatable bonds is 2. The van der Waals surface area contributed by atoms with Gasteiger partial charge < -0.3 is 14.5 Å². The second-order valence-electron chi connectivity index (χ2n) is 8.84. The first-order valence-corrected chi connectivity index (χ1v) is 10.5. The van der Waals surface area contributed by atoms with Crippen LogP contribution >= 0.6 is 0 Å². The number of halogens is 1. The summed E-state index contributed by atoms with van der Waals surface area (Å²) in [4.78, 5) is 9.47. The molecule has 0 amide bonds. The van der Waals surface area contributed by atoms with Gasteiger partial charge in [0.1, 0.15) is 11.4 Å². The van der Waals surface area contributed by atoms with E-state index in [0.29, 0.717) is 6.04 Å². The van der Waals surface area contributed by atoms with Crippen LogP contribution in [-0.2, 0) is 11.2 Å². The van der Waals surface area contributed by atoms with Crippen LogP contribution in [0.3, 0.4) is 0 Å². The molecule has 3 atom stereocenters. The molecule has 4 nitrogen and oxygen atoms in total. The second kappa shape index (κ2) is 7.13. The van der Waals surface area contributed by atoms with Gasteiger partial charge in [-0.25, -0.2) is 9.38 Å². The molecule has 0 N–H and O–H groups in total. The predicted octanol–water partition coefficient (Wildman–Crippen LogP) is 4.01. The van der Waals surface area contributed by atoms with Crippen LogP contribution in [0.4, 0.5) is 4.39 Å². The van der Waals surface area contributed by atoms with E-state index in [2.05, 4.69) is 48.2 Å². The van der Waals surface area contributed by atoms with Crippen molar-refractivity contribution < 1.29 is 9.13 Å².